The van der Waals surface area contributed by atoms with Gasteiger partial charge in [-0.3, -0.25) is 0 Å². The van der Waals surface area contributed by atoms with Crippen molar-refractivity contribution in [2.24, 2.45) is 0 Å². The van der Waals surface area contributed by atoms with Gasteiger partial charge in [-0.1, -0.05) is 6.07 Å². The SMILES string of the molecule is O=S(=O)(c1ccc(F)cc1F)N(Cc1ccoc1)Cc1cccs1. The highest BCUT2D eigenvalue weighted by Crippen LogP contribution is 2.25. The summed E-state index contributed by atoms with van der Waals surface area (Å²) in [5.41, 5.74) is 0.637. The van der Waals surface area contributed by atoms with Gasteiger partial charge in [0.05, 0.1) is 12.5 Å². The molecule has 0 bridgehead atoms. The van der Waals surface area contributed by atoms with E-state index in [0.29, 0.717) is 11.6 Å². The highest BCUT2D eigenvalue weighted by molar-refractivity contribution is 7.89. The molecule has 3 rings (SSSR count). The van der Waals surface area contributed by atoms with Crippen molar-refractivity contribution in [1.82, 2.24) is 4.31 Å². The van der Waals surface area contributed by atoms with E-state index in [-0.39, 0.29) is 13.1 Å². The van der Waals surface area contributed by atoms with Crippen LogP contribution in [-0.2, 0) is 23.1 Å². The van der Waals surface area contributed by atoms with Crippen LogP contribution in [0.5, 0.6) is 0 Å². The second-order valence-electron chi connectivity index (χ2n) is 5.06. The molecule has 0 saturated heterocycles. The van der Waals surface area contributed by atoms with Gasteiger partial charge in [-0.2, -0.15) is 4.31 Å². The third kappa shape index (κ3) is 3.55. The topological polar surface area (TPSA) is 50.5 Å². The molecule has 0 atom stereocenters. The summed E-state index contributed by atoms with van der Waals surface area (Å²) in [6.07, 6.45) is 2.86. The lowest BCUT2D eigenvalue weighted by molar-refractivity contribution is 0.398. The molecule has 0 unspecified atom stereocenters. The Morgan fingerprint density at radius 1 is 1.12 bits per heavy atom. The molecular weight excluding hydrogens is 356 g/mol. The highest BCUT2D eigenvalue weighted by atomic mass is 32.2. The minimum atomic E-state index is -4.14. The zero-order valence-electron chi connectivity index (χ0n) is 12.4. The van der Waals surface area contributed by atoms with Crippen LogP contribution in [0.25, 0.3) is 0 Å². The first kappa shape index (κ1) is 16.8. The number of thiophene rings is 1. The van der Waals surface area contributed by atoms with E-state index in [9.17, 15) is 17.2 Å². The Bertz CT molecular complexity index is 871. The summed E-state index contributed by atoms with van der Waals surface area (Å²) in [7, 11) is -4.14. The number of rotatable bonds is 6. The van der Waals surface area contributed by atoms with E-state index < -0.39 is 26.6 Å². The van der Waals surface area contributed by atoms with Gasteiger partial charge < -0.3 is 4.42 Å². The summed E-state index contributed by atoms with van der Waals surface area (Å²) in [6.45, 7) is 0.107. The average Bonchev–Trinajstić information content (AvgIpc) is 3.19. The summed E-state index contributed by atoms with van der Waals surface area (Å²) in [5, 5.41) is 1.83. The number of halogens is 2. The van der Waals surface area contributed by atoms with Crippen LogP contribution in [0, 0.1) is 11.6 Å². The molecular formula is C16H13F2NO3S2. The Balaban J connectivity index is 1.99. The maximum atomic E-state index is 14.0. The quantitative estimate of drug-likeness (QED) is 0.660. The lowest BCUT2D eigenvalue weighted by atomic mass is 10.3. The molecule has 0 N–H and O–H groups in total. The number of furan rings is 1. The number of nitrogens with zero attached hydrogens (tertiary/aromatic N) is 1. The molecule has 24 heavy (non-hydrogen) atoms. The highest BCUT2D eigenvalue weighted by Gasteiger charge is 2.28. The van der Waals surface area contributed by atoms with Crippen LogP contribution >= 0.6 is 11.3 Å². The second-order valence-corrected chi connectivity index (χ2v) is 8.00. The lowest BCUT2D eigenvalue weighted by Gasteiger charge is -2.21. The monoisotopic (exact) mass is 369 g/mol. The second kappa shape index (κ2) is 6.84. The maximum Gasteiger partial charge on any atom is 0.246 e. The van der Waals surface area contributed by atoms with Crippen molar-refractivity contribution in [3.05, 3.63) is 76.4 Å². The van der Waals surface area contributed by atoms with Crippen molar-refractivity contribution in [3.63, 3.8) is 0 Å². The molecule has 2 aromatic heterocycles. The summed E-state index contributed by atoms with van der Waals surface area (Å²) < 4.78 is 58.9. The molecule has 126 valence electrons. The molecule has 3 aromatic rings. The fourth-order valence-electron chi connectivity index (χ4n) is 2.21. The van der Waals surface area contributed by atoms with Crippen LogP contribution in [0.1, 0.15) is 10.4 Å². The van der Waals surface area contributed by atoms with E-state index in [4.69, 9.17) is 4.42 Å². The lowest BCUT2D eigenvalue weighted by Crippen LogP contribution is -2.30. The van der Waals surface area contributed by atoms with Crippen molar-refractivity contribution >= 4 is 21.4 Å². The van der Waals surface area contributed by atoms with Crippen molar-refractivity contribution in [2.75, 3.05) is 0 Å². The van der Waals surface area contributed by atoms with E-state index in [2.05, 4.69) is 0 Å². The molecule has 0 saturated carbocycles. The van der Waals surface area contributed by atoms with Gasteiger partial charge in [-0.05, 0) is 29.6 Å². The molecule has 0 aliphatic heterocycles. The van der Waals surface area contributed by atoms with E-state index >= 15 is 0 Å². The van der Waals surface area contributed by atoms with Gasteiger partial charge in [0.2, 0.25) is 10.0 Å². The minimum Gasteiger partial charge on any atom is -0.472 e. The Hall–Kier alpha value is -2.03. The number of hydrogen-bond acceptors (Lipinski definition) is 4. The van der Waals surface area contributed by atoms with Gasteiger partial charge in [0, 0.05) is 29.6 Å². The van der Waals surface area contributed by atoms with Gasteiger partial charge >= 0.3 is 0 Å². The Kier molecular flexibility index (Phi) is 4.79. The number of hydrogen-bond donors (Lipinski definition) is 0. The third-order valence-corrected chi connectivity index (χ3v) is 6.05. The van der Waals surface area contributed by atoms with Gasteiger partial charge in [0.25, 0.3) is 0 Å². The van der Waals surface area contributed by atoms with E-state index in [0.717, 1.165) is 21.3 Å². The summed E-state index contributed by atoms with van der Waals surface area (Å²) in [6, 6.07) is 7.67. The molecule has 0 radical (unpaired) electrons. The molecule has 0 fully saturated rings. The first-order valence-corrected chi connectivity index (χ1v) is 9.27. The fraction of sp³-hybridized carbons (Fsp3) is 0.125. The van der Waals surface area contributed by atoms with Crippen molar-refractivity contribution in [1.29, 1.82) is 0 Å². The van der Waals surface area contributed by atoms with Crippen LogP contribution in [0.2, 0.25) is 0 Å². The van der Waals surface area contributed by atoms with Crippen LogP contribution in [0.3, 0.4) is 0 Å². The molecule has 0 aliphatic rings. The van der Waals surface area contributed by atoms with Gasteiger partial charge in [-0.15, -0.1) is 11.3 Å². The fourth-order valence-corrected chi connectivity index (χ4v) is 4.46. The normalized spacial score (nSPS) is 12.0. The number of benzene rings is 1. The largest absolute Gasteiger partial charge is 0.472 e. The Morgan fingerprint density at radius 2 is 1.96 bits per heavy atom. The zero-order chi connectivity index (χ0) is 17.2. The molecule has 0 spiro atoms. The molecule has 8 heteroatoms. The average molecular weight is 369 g/mol. The minimum absolute atomic E-state index is 0.0214. The molecule has 0 aliphatic carbocycles. The number of sulfonamides is 1. The summed E-state index contributed by atoms with van der Waals surface area (Å²) >= 11 is 1.40. The summed E-state index contributed by atoms with van der Waals surface area (Å²) in [4.78, 5) is 0.258. The van der Waals surface area contributed by atoms with E-state index in [1.807, 2.05) is 5.38 Å². The predicted octanol–water partition coefficient (Wildman–Crippen LogP) is 4.01. The van der Waals surface area contributed by atoms with Gasteiger partial charge in [0.1, 0.15) is 16.5 Å². The first-order chi connectivity index (χ1) is 11.5. The first-order valence-electron chi connectivity index (χ1n) is 6.95. The molecule has 1 aromatic carbocycles. The molecule has 0 amide bonds. The molecule has 4 nitrogen and oxygen atoms in total. The smallest absolute Gasteiger partial charge is 0.246 e. The zero-order valence-corrected chi connectivity index (χ0v) is 14.0. The van der Waals surface area contributed by atoms with Crippen molar-refractivity contribution < 1.29 is 21.6 Å². The maximum absolute atomic E-state index is 14.0. The van der Waals surface area contributed by atoms with Gasteiger partial charge in [0.15, 0.2) is 0 Å². The van der Waals surface area contributed by atoms with Crippen molar-refractivity contribution in [3.8, 4) is 0 Å². The Labute approximate surface area is 142 Å². The van der Waals surface area contributed by atoms with Crippen LogP contribution in [-0.4, -0.2) is 12.7 Å². The third-order valence-electron chi connectivity index (χ3n) is 3.36. The van der Waals surface area contributed by atoms with Crippen molar-refractivity contribution in [2.45, 2.75) is 18.0 Å². The predicted molar refractivity (Wildman–Crippen MR) is 85.8 cm³/mol. The van der Waals surface area contributed by atoms with E-state index in [1.165, 1.54) is 23.9 Å². The van der Waals surface area contributed by atoms with Gasteiger partial charge in [-0.25, -0.2) is 17.2 Å². The Morgan fingerprint density at radius 3 is 2.58 bits per heavy atom. The standard InChI is InChI=1S/C16H13F2NO3S2/c17-13-3-4-16(15(18)8-13)24(20,21)19(9-12-5-6-22-11-12)10-14-2-1-7-23-14/h1-8,11H,9-10H2. The van der Waals surface area contributed by atoms with Crippen LogP contribution in [0.15, 0.2) is 63.6 Å². The van der Waals surface area contributed by atoms with Crippen LogP contribution < -0.4 is 0 Å². The van der Waals surface area contributed by atoms with E-state index in [1.54, 1.807) is 18.2 Å². The summed E-state index contributed by atoms with van der Waals surface area (Å²) in [5.74, 6) is -1.94. The molecule has 2 heterocycles. The van der Waals surface area contributed by atoms with Crippen LogP contribution in [0.4, 0.5) is 8.78 Å².